The number of rotatable bonds is 5. The molecule has 0 aliphatic heterocycles. The van der Waals surface area contributed by atoms with Crippen molar-refractivity contribution in [3.05, 3.63) is 69.8 Å². The van der Waals surface area contributed by atoms with Gasteiger partial charge in [0.15, 0.2) is 0 Å². The van der Waals surface area contributed by atoms with Gasteiger partial charge in [-0.05, 0) is 37.1 Å². The predicted molar refractivity (Wildman–Crippen MR) is 107 cm³/mol. The van der Waals surface area contributed by atoms with Crippen LogP contribution in [0.25, 0.3) is 0 Å². The molecule has 1 aliphatic carbocycles. The molecule has 0 unspecified atom stereocenters. The molecule has 7 heteroatoms. The third-order valence-electron chi connectivity index (χ3n) is 5.08. The summed E-state index contributed by atoms with van der Waals surface area (Å²) in [5, 5.41) is 13.9. The Labute approximate surface area is 163 Å². The molecule has 0 heterocycles. The van der Waals surface area contributed by atoms with E-state index in [2.05, 4.69) is 5.32 Å². The van der Waals surface area contributed by atoms with Crippen LogP contribution in [0.3, 0.4) is 0 Å². The fraction of sp³-hybridized carbons (Fsp3) is 0.333. The van der Waals surface area contributed by atoms with Crippen molar-refractivity contribution in [2.24, 2.45) is 0 Å². The van der Waals surface area contributed by atoms with Gasteiger partial charge in [-0.1, -0.05) is 31.4 Å². The van der Waals surface area contributed by atoms with E-state index in [0.717, 1.165) is 25.7 Å². The summed E-state index contributed by atoms with van der Waals surface area (Å²) in [6.45, 7) is 0. The van der Waals surface area contributed by atoms with E-state index in [1.54, 1.807) is 31.3 Å². The number of nitrogens with one attached hydrogen (secondary N) is 1. The lowest BCUT2D eigenvalue weighted by atomic mass is 9.95. The standard InChI is InChI=1S/C21H23N3O4/c1-23(21(26)15-11-13-17(14-12-15)24(27)28)19-10-6-5-9-18(19)20(25)22-16-7-3-2-4-8-16/h5-6,9-14,16H,2-4,7-8H2,1H3,(H,22,25). The second-order valence-electron chi connectivity index (χ2n) is 6.99. The summed E-state index contributed by atoms with van der Waals surface area (Å²) in [6, 6.07) is 12.6. The third-order valence-corrected chi connectivity index (χ3v) is 5.08. The van der Waals surface area contributed by atoms with Crippen molar-refractivity contribution in [1.82, 2.24) is 5.32 Å². The van der Waals surface area contributed by atoms with Crippen LogP contribution in [-0.4, -0.2) is 29.8 Å². The molecule has 0 aromatic heterocycles. The van der Waals surface area contributed by atoms with Crippen molar-refractivity contribution in [1.29, 1.82) is 0 Å². The van der Waals surface area contributed by atoms with Crippen molar-refractivity contribution in [2.75, 3.05) is 11.9 Å². The summed E-state index contributed by atoms with van der Waals surface area (Å²) in [4.78, 5) is 37.3. The highest BCUT2D eigenvalue weighted by atomic mass is 16.6. The van der Waals surface area contributed by atoms with Crippen LogP contribution in [0.5, 0.6) is 0 Å². The Hall–Kier alpha value is -3.22. The van der Waals surface area contributed by atoms with Gasteiger partial charge in [-0.3, -0.25) is 19.7 Å². The number of hydrogen-bond acceptors (Lipinski definition) is 4. The van der Waals surface area contributed by atoms with Crippen LogP contribution >= 0.6 is 0 Å². The van der Waals surface area contributed by atoms with Crippen molar-refractivity contribution in [2.45, 2.75) is 38.1 Å². The minimum absolute atomic E-state index is 0.0773. The number of nitrogens with zero attached hydrogens (tertiary/aromatic N) is 2. The molecule has 0 radical (unpaired) electrons. The minimum Gasteiger partial charge on any atom is -0.349 e. The van der Waals surface area contributed by atoms with Crippen LogP contribution in [0.1, 0.15) is 52.8 Å². The summed E-state index contributed by atoms with van der Waals surface area (Å²) in [5.74, 6) is -0.529. The highest BCUT2D eigenvalue weighted by molar-refractivity contribution is 6.10. The zero-order valence-electron chi connectivity index (χ0n) is 15.8. The van der Waals surface area contributed by atoms with Gasteiger partial charge in [-0.15, -0.1) is 0 Å². The van der Waals surface area contributed by atoms with Gasteiger partial charge in [-0.2, -0.15) is 0 Å². The molecule has 1 aliphatic rings. The number of para-hydroxylation sites is 1. The summed E-state index contributed by atoms with van der Waals surface area (Å²) in [5.41, 5.74) is 1.17. The summed E-state index contributed by atoms with van der Waals surface area (Å²) >= 11 is 0. The van der Waals surface area contributed by atoms with E-state index in [0.29, 0.717) is 16.8 Å². The zero-order chi connectivity index (χ0) is 20.1. The van der Waals surface area contributed by atoms with Crippen LogP contribution in [0.15, 0.2) is 48.5 Å². The number of non-ortho nitro benzene ring substituents is 1. The first-order valence-corrected chi connectivity index (χ1v) is 9.40. The molecule has 0 atom stereocenters. The molecule has 0 saturated heterocycles. The van der Waals surface area contributed by atoms with Gasteiger partial charge in [0.25, 0.3) is 17.5 Å². The maximum absolute atomic E-state index is 12.8. The van der Waals surface area contributed by atoms with Crippen LogP contribution in [0, 0.1) is 10.1 Å². The zero-order valence-corrected chi connectivity index (χ0v) is 15.8. The number of carbonyl (C=O) groups is 2. The number of benzene rings is 2. The number of nitro benzene ring substituents is 1. The first-order chi connectivity index (χ1) is 13.5. The van der Waals surface area contributed by atoms with E-state index in [1.807, 2.05) is 0 Å². The molecule has 7 nitrogen and oxygen atoms in total. The predicted octanol–water partition coefficient (Wildman–Crippen LogP) is 3.93. The van der Waals surface area contributed by atoms with Gasteiger partial charge < -0.3 is 10.2 Å². The molecule has 2 aromatic rings. The van der Waals surface area contributed by atoms with E-state index < -0.39 is 4.92 Å². The smallest absolute Gasteiger partial charge is 0.269 e. The highest BCUT2D eigenvalue weighted by Crippen LogP contribution is 2.24. The fourth-order valence-corrected chi connectivity index (χ4v) is 3.50. The summed E-state index contributed by atoms with van der Waals surface area (Å²) in [6.07, 6.45) is 5.39. The van der Waals surface area contributed by atoms with E-state index in [-0.39, 0.29) is 23.5 Å². The van der Waals surface area contributed by atoms with Crippen molar-refractivity contribution in [3.63, 3.8) is 0 Å². The highest BCUT2D eigenvalue weighted by Gasteiger charge is 2.22. The van der Waals surface area contributed by atoms with Crippen molar-refractivity contribution >= 4 is 23.2 Å². The van der Waals surface area contributed by atoms with Crippen LogP contribution in [0.4, 0.5) is 11.4 Å². The molecule has 3 rings (SSSR count). The van der Waals surface area contributed by atoms with E-state index in [9.17, 15) is 19.7 Å². The monoisotopic (exact) mass is 381 g/mol. The van der Waals surface area contributed by atoms with Crippen LogP contribution in [-0.2, 0) is 0 Å². The van der Waals surface area contributed by atoms with Gasteiger partial charge in [-0.25, -0.2) is 0 Å². The third kappa shape index (κ3) is 4.36. The lowest BCUT2D eigenvalue weighted by molar-refractivity contribution is -0.384. The molecule has 146 valence electrons. The largest absolute Gasteiger partial charge is 0.349 e. The fourth-order valence-electron chi connectivity index (χ4n) is 3.50. The number of amides is 2. The first kappa shape index (κ1) is 19.5. The van der Waals surface area contributed by atoms with Gasteiger partial charge in [0.1, 0.15) is 0 Å². The Morgan fingerprint density at radius 1 is 1.04 bits per heavy atom. The molecule has 0 bridgehead atoms. The number of anilines is 1. The Balaban J connectivity index is 1.79. The molecule has 28 heavy (non-hydrogen) atoms. The van der Waals surface area contributed by atoms with Crippen molar-refractivity contribution in [3.8, 4) is 0 Å². The topological polar surface area (TPSA) is 92.6 Å². The van der Waals surface area contributed by atoms with E-state index >= 15 is 0 Å². The quantitative estimate of drug-likeness (QED) is 0.627. The maximum Gasteiger partial charge on any atom is 0.269 e. The first-order valence-electron chi connectivity index (χ1n) is 9.40. The van der Waals surface area contributed by atoms with Crippen LogP contribution < -0.4 is 10.2 Å². The van der Waals surface area contributed by atoms with Gasteiger partial charge in [0, 0.05) is 30.8 Å². The Kier molecular flexibility index (Phi) is 6.03. The van der Waals surface area contributed by atoms with E-state index in [4.69, 9.17) is 0 Å². The average Bonchev–Trinajstić information content (AvgIpc) is 2.73. The molecule has 2 aromatic carbocycles. The van der Waals surface area contributed by atoms with E-state index in [1.165, 1.54) is 35.6 Å². The molecule has 1 saturated carbocycles. The summed E-state index contributed by atoms with van der Waals surface area (Å²) < 4.78 is 0. The van der Waals surface area contributed by atoms with Gasteiger partial charge >= 0.3 is 0 Å². The SMILES string of the molecule is CN(C(=O)c1ccc([N+](=O)[O-])cc1)c1ccccc1C(=O)NC1CCCCC1. The Morgan fingerprint density at radius 3 is 2.32 bits per heavy atom. The Bertz CT molecular complexity index is 873. The lowest BCUT2D eigenvalue weighted by Crippen LogP contribution is -2.37. The van der Waals surface area contributed by atoms with Gasteiger partial charge in [0.05, 0.1) is 16.2 Å². The molecule has 1 fully saturated rings. The number of nitro groups is 1. The average molecular weight is 381 g/mol. The molecule has 1 N–H and O–H groups in total. The second kappa shape index (κ2) is 8.65. The molecule has 0 spiro atoms. The maximum atomic E-state index is 12.8. The summed E-state index contributed by atoms with van der Waals surface area (Å²) in [7, 11) is 1.59. The molecular formula is C21H23N3O4. The minimum atomic E-state index is -0.511. The lowest BCUT2D eigenvalue weighted by Gasteiger charge is -2.25. The molecular weight excluding hydrogens is 358 g/mol. The number of carbonyl (C=O) groups excluding carboxylic acids is 2. The van der Waals surface area contributed by atoms with Crippen molar-refractivity contribution < 1.29 is 14.5 Å². The Morgan fingerprint density at radius 2 is 1.68 bits per heavy atom. The van der Waals surface area contributed by atoms with Gasteiger partial charge in [0.2, 0.25) is 0 Å². The van der Waals surface area contributed by atoms with Crippen LogP contribution in [0.2, 0.25) is 0 Å². The normalized spacial score (nSPS) is 14.3. The molecule has 2 amide bonds. The second-order valence-corrected chi connectivity index (χ2v) is 6.99. The number of hydrogen-bond donors (Lipinski definition) is 1.